The molecule has 1 aromatic heterocycles. The van der Waals surface area contributed by atoms with Gasteiger partial charge in [0.1, 0.15) is 11.6 Å². The molecule has 0 unspecified atom stereocenters. The molecule has 0 aliphatic carbocycles. The Labute approximate surface area is 136 Å². The molecule has 0 fully saturated rings. The summed E-state index contributed by atoms with van der Waals surface area (Å²) in [6, 6.07) is 9.57. The maximum Gasteiger partial charge on any atom is 0.339 e. The number of aromatic nitrogens is 1. The van der Waals surface area contributed by atoms with Gasteiger partial charge in [0, 0.05) is 28.7 Å². The zero-order chi connectivity index (χ0) is 17.3. The van der Waals surface area contributed by atoms with Crippen LogP contribution in [0.25, 0.3) is 10.9 Å². The summed E-state index contributed by atoms with van der Waals surface area (Å²) in [7, 11) is 0. The van der Waals surface area contributed by atoms with Crippen molar-refractivity contribution >= 4 is 22.7 Å². The lowest BCUT2D eigenvalue weighted by molar-refractivity contribution is 0.0318. The average Bonchev–Trinajstić information content (AvgIpc) is 2.97. The van der Waals surface area contributed by atoms with Crippen LogP contribution in [-0.4, -0.2) is 22.8 Å². The molecule has 1 atom stereocenters. The molecule has 0 radical (unpaired) electrons. The van der Waals surface area contributed by atoms with E-state index in [9.17, 15) is 18.4 Å². The van der Waals surface area contributed by atoms with Crippen LogP contribution in [0.5, 0.6) is 0 Å². The van der Waals surface area contributed by atoms with E-state index >= 15 is 0 Å². The van der Waals surface area contributed by atoms with Crippen LogP contribution in [-0.2, 0) is 4.74 Å². The van der Waals surface area contributed by atoms with Gasteiger partial charge in [-0.25, -0.2) is 13.6 Å². The van der Waals surface area contributed by atoms with E-state index in [4.69, 9.17) is 4.74 Å². The summed E-state index contributed by atoms with van der Waals surface area (Å²) in [5.74, 6) is -3.15. The number of H-pyrrole nitrogens is 1. The molecule has 24 heavy (non-hydrogen) atoms. The number of ether oxygens (including phenoxy) is 1. The Balaban J connectivity index is 1.80. The van der Waals surface area contributed by atoms with Crippen LogP contribution in [0.4, 0.5) is 8.78 Å². The number of esters is 1. The van der Waals surface area contributed by atoms with Crippen molar-refractivity contribution < 1.29 is 23.1 Å². The van der Waals surface area contributed by atoms with Gasteiger partial charge in [-0.3, -0.25) is 4.79 Å². The van der Waals surface area contributed by atoms with Crippen LogP contribution < -0.4 is 0 Å². The van der Waals surface area contributed by atoms with Crippen LogP contribution >= 0.6 is 0 Å². The van der Waals surface area contributed by atoms with Gasteiger partial charge in [0.05, 0.1) is 5.56 Å². The number of hydrogen-bond acceptors (Lipinski definition) is 3. The topological polar surface area (TPSA) is 59.2 Å². The molecule has 1 heterocycles. The molecule has 0 amide bonds. The van der Waals surface area contributed by atoms with E-state index in [1.54, 1.807) is 18.3 Å². The van der Waals surface area contributed by atoms with Crippen molar-refractivity contribution in [1.82, 2.24) is 4.98 Å². The van der Waals surface area contributed by atoms with Crippen molar-refractivity contribution in [3.8, 4) is 0 Å². The van der Waals surface area contributed by atoms with E-state index in [1.807, 2.05) is 12.1 Å². The van der Waals surface area contributed by atoms with E-state index in [0.717, 1.165) is 17.6 Å². The molecule has 0 aliphatic heterocycles. The first-order chi connectivity index (χ1) is 11.5. The average molecular weight is 329 g/mol. The van der Waals surface area contributed by atoms with E-state index in [2.05, 4.69) is 4.98 Å². The number of carbonyl (C=O) groups is 2. The Morgan fingerprint density at radius 3 is 2.46 bits per heavy atom. The quantitative estimate of drug-likeness (QED) is 0.584. The highest BCUT2D eigenvalue weighted by Crippen LogP contribution is 2.20. The molecule has 4 nitrogen and oxygen atoms in total. The first-order valence-corrected chi connectivity index (χ1v) is 7.23. The van der Waals surface area contributed by atoms with Gasteiger partial charge in [-0.1, -0.05) is 18.2 Å². The molecule has 0 aliphatic rings. The molecule has 3 aromatic rings. The lowest BCUT2D eigenvalue weighted by Crippen LogP contribution is -2.24. The fourth-order valence-corrected chi connectivity index (χ4v) is 2.45. The first-order valence-electron chi connectivity index (χ1n) is 7.23. The number of rotatable bonds is 4. The summed E-state index contributed by atoms with van der Waals surface area (Å²) >= 11 is 0. The SMILES string of the molecule is C[C@H](OC(=O)c1cc(F)cc(F)c1)C(=O)c1c[nH]c2ccccc12. The van der Waals surface area contributed by atoms with Crippen LogP contribution in [0.15, 0.2) is 48.7 Å². The van der Waals surface area contributed by atoms with Gasteiger partial charge < -0.3 is 9.72 Å². The summed E-state index contributed by atoms with van der Waals surface area (Å²) in [6.45, 7) is 1.41. The number of fused-ring (bicyclic) bond motifs is 1. The van der Waals surface area contributed by atoms with Crippen LogP contribution in [0.1, 0.15) is 27.6 Å². The molecule has 122 valence electrons. The van der Waals surface area contributed by atoms with Crippen molar-refractivity contribution in [2.75, 3.05) is 0 Å². The minimum atomic E-state index is -1.09. The second-order valence-corrected chi connectivity index (χ2v) is 5.32. The van der Waals surface area contributed by atoms with E-state index in [0.29, 0.717) is 17.0 Å². The molecular formula is C18H13F2NO3. The number of benzene rings is 2. The smallest absolute Gasteiger partial charge is 0.339 e. The maximum absolute atomic E-state index is 13.2. The summed E-state index contributed by atoms with van der Waals surface area (Å²) in [4.78, 5) is 27.4. The number of ketones is 1. The van der Waals surface area contributed by atoms with Gasteiger partial charge in [-0.2, -0.15) is 0 Å². The minimum Gasteiger partial charge on any atom is -0.451 e. The Morgan fingerprint density at radius 2 is 1.75 bits per heavy atom. The number of Topliss-reactive ketones (excluding diaryl/α,β-unsaturated/α-hetero) is 1. The third-order valence-corrected chi connectivity index (χ3v) is 3.61. The van der Waals surface area contributed by atoms with Crippen LogP contribution in [0, 0.1) is 11.6 Å². The first kappa shape index (κ1) is 15.9. The van der Waals surface area contributed by atoms with Crippen molar-refractivity contribution in [2.45, 2.75) is 13.0 Å². The standard InChI is InChI=1S/C18H13F2NO3/c1-10(24-18(23)11-6-12(19)8-13(20)7-11)17(22)15-9-21-16-5-3-2-4-14(15)16/h2-10,21H,1H3/t10-/m0/s1. The molecular weight excluding hydrogens is 316 g/mol. The van der Waals surface area contributed by atoms with E-state index in [1.165, 1.54) is 6.92 Å². The lowest BCUT2D eigenvalue weighted by atomic mass is 10.1. The van der Waals surface area contributed by atoms with Crippen molar-refractivity contribution in [3.63, 3.8) is 0 Å². The number of hydrogen-bond donors (Lipinski definition) is 1. The summed E-state index contributed by atoms with van der Waals surface area (Å²) in [6.07, 6.45) is 0.446. The number of nitrogens with one attached hydrogen (secondary N) is 1. The zero-order valence-corrected chi connectivity index (χ0v) is 12.7. The van der Waals surface area contributed by atoms with Crippen LogP contribution in [0.3, 0.4) is 0 Å². The predicted octanol–water partition coefficient (Wildman–Crippen LogP) is 3.87. The summed E-state index contributed by atoms with van der Waals surface area (Å²) < 4.78 is 31.4. The lowest BCUT2D eigenvalue weighted by Gasteiger charge is -2.12. The maximum atomic E-state index is 13.2. The fourth-order valence-electron chi connectivity index (χ4n) is 2.45. The minimum absolute atomic E-state index is 0.286. The molecule has 1 N–H and O–H groups in total. The summed E-state index contributed by atoms with van der Waals surface area (Å²) in [5, 5.41) is 0.710. The Bertz CT molecular complexity index is 913. The van der Waals surface area contributed by atoms with Crippen molar-refractivity contribution in [3.05, 3.63) is 71.4 Å². The highest BCUT2D eigenvalue weighted by atomic mass is 19.1. The predicted molar refractivity (Wildman–Crippen MR) is 83.9 cm³/mol. The summed E-state index contributed by atoms with van der Waals surface area (Å²) in [5.41, 5.74) is 0.883. The monoisotopic (exact) mass is 329 g/mol. The normalized spacial score (nSPS) is 12.1. The van der Waals surface area contributed by atoms with Crippen LogP contribution in [0.2, 0.25) is 0 Å². The second kappa shape index (κ2) is 6.23. The van der Waals surface area contributed by atoms with Gasteiger partial charge in [0.2, 0.25) is 5.78 Å². The molecule has 0 spiro atoms. The molecule has 0 bridgehead atoms. The van der Waals surface area contributed by atoms with E-state index in [-0.39, 0.29) is 5.56 Å². The molecule has 3 rings (SSSR count). The van der Waals surface area contributed by atoms with E-state index < -0.39 is 29.5 Å². The molecule has 6 heteroatoms. The molecule has 0 saturated carbocycles. The van der Waals surface area contributed by atoms with Gasteiger partial charge >= 0.3 is 5.97 Å². The Morgan fingerprint density at radius 1 is 1.08 bits per heavy atom. The van der Waals surface area contributed by atoms with Gasteiger partial charge in [-0.05, 0) is 25.1 Å². The van der Waals surface area contributed by atoms with Gasteiger partial charge in [0.15, 0.2) is 6.10 Å². The number of aromatic amines is 1. The van der Waals surface area contributed by atoms with Gasteiger partial charge in [-0.15, -0.1) is 0 Å². The third-order valence-electron chi connectivity index (χ3n) is 3.61. The molecule has 2 aromatic carbocycles. The highest BCUT2D eigenvalue weighted by Gasteiger charge is 2.23. The van der Waals surface area contributed by atoms with Crippen molar-refractivity contribution in [1.29, 1.82) is 0 Å². The second-order valence-electron chi connectivity index (χ2n) is 5.32. The van der Waals surface area contributed by atoms with Crippen molar-refractivity contribution in [2.24, 2.45) is 0 Å². The largest absolute Gasteiger partial charge is 0.451 e. The number of halogens is 2. The third kappa shape index (κ3) is 3.03. The highest BCUT2D eigenvalue weighted by molar-refractivity contribution is 6.10. The van der Waals surface area contributed by atoms with Gasteiger partial charge in [0.25, 0.3) is 0 Å². The Hall–Kier alpha value is -3.02. The fraction of sp³-hybridized carbons (Fsp3) is 0.111. The molecule has 0 saturated heterocycles. The zero-order valence-electron chi connectivity index (χ0n) is 12.7. The Kier molecular flexibility index (Phi) is 4.12. The number of para-hydroxylation sites is 1. The number of carbonyl (C=O) groups excluding carboxylic acids is 2.